The van der Waals surface area contributed by atoms with Gasteiger partial charge in [-0.3, -0.25) is 19.8 Å². The van der Waals surface area contributed by atoms with Gasteiger partial charge in [0.1, 0.15) is 12.2 Å². The number of anilines is 1. The lowest BCUT2D eigenvalue weighted by Gasteiger charge is -2.29. The van der Waals surface area contributed by atoms with Crippen molar-refractivity contribution >= 4 is 52.5 Å². The maximum Gasteiger partial charge on any atom is 0.270 e. The van der Waals surface area contributed by atoms with E-state index in [-0.39, 0.29) is 22.3 Å². The van der Waals surface area contributed by atoms with Crippen molar-refractivity contribution in [2.75, 3.05) is 18.6 Å². The number of carbonyl (C=O) groups excluding carboxylic acids is 2. The zero-order valence-corrected chi connectivity index (χ0v) is 18.7. The molecule has 0 aromatic heterocycles. The first-order valence-corrected chi connectivity index (χ1v) is 10.3. The molecular formula is C23H21ClN2O4S. The lowest BCUT2D eigenvalue weighted by atomic mass is 10.1. The van der Waals surface area contributed by atoms with Crippen LogP contribution in [0.1, 0.15) is 18.1 Å². The number of nitrogens with one attached hydrogen (secondary N) is 1. The van der Waals surface area contributed by atoms with Crippen molar-refractivity contribution < 1.29 is 19.1 Å². The Morgan fingerprint density at radius 3 is 2.55 bits per heavy atom. The molecule has 1 heterocycles. The molecule has 0 aliphatic carbocycles. The number of ether oxygens (including phenoxy) is 2. The standard InChI is InChI=1S/C23H21ClN2O4S/c1-4-10-30-20-18(24)12-15(13-19(20)29-3)11-17-21(27)25-23(31)26(22(17)28)16-8-6-14(5-2)7-9-16/h4,6-9,11-13H,1,5,10H2,2-3H3,(H,25,27,31). The molecule has 0 radical (unpaired) electrons. The summed E-state index contributed by atoms with van der Waals surface area (Å²) in [6.45, 7) is 5.90. The van der Waals surface area contributed by atoms with Crippen molar-refractivity contribution in [3.8, 4) is 11.5 Å². The number of rotatable bonds is 7. The molecule has 2 aromatic carbocycles. The molecule has 1 aliphatic heterocycles. The van der Waals surface area contributed by atoms with Gasteiger partial charge in [-0.05, 0) is 60.1 Å². The SMILES string of the molecule is C=CCOc1c(Cl)cc(C=C2C(=O)NC(=S)N(c3ccc(CC)cc3)C2=O)cc1OC. The second kappa shape index (κ2) is 9.76. The maximum absolute atomic E-state index is 13.2. The first-order valence-electron chi connectivity index (χ1n) is 9.51. The highest BCUT2D eigenvalue weighted by Gasteiger charge is 2.34. The Kier molecular flexibility index (Phi) is 7.09. The fraction of sp³-hybridized carbons (Fsp3) is 0.174. The van der Waals surface area contributed by atoms with E-state index >= 15 is 0 Å². The van der Waals surface area contributed by atoms with Crippen molar-refractivity contribution in [2.24, 2.45) is 0 Å². The van der Waals surface area contributed by atoms with Gasteiger partial charge >= 0.3 is 0 Å². The molecule has 0 unspecified atom stereocenters. The molecule has 1 saturated heterocycles. The molecule has 0 saturated carbocycles. The van der Waals surface area contributed by atoms with E-state index in [4.69, 9.17) is 33.3 Å². The molecule has 6 nitrogen and oxygen atoms in total. The fourth-order valence-electron chi connectivity index (χ4n) is 3.04. The van der Waals surface area contributed by atoms with Gasteiger partial charge < -0.3 is 9.47 Å². The minimum absolute atomic E-state index is 0.0279. The molecule has 31 heavy (non-hydrogen) atoms. The van der Waals surface area contributed by atoms with Crippen LogP contribution in [0.5, 0.6) is 11.5 Å². The van der Waals surface area contributed by atoms with Crippen LogP contribution in [-0.4, -0.2) is 30.6 Å². The minimum atomic E-state index is -0.585. The number of methoxy groups -OCH3 is 1. The third-order valence-electron chi connectivity index (χ3n) is 4.61. The van der Waals surface area contributed by atoms with Gasteiger partial charge in [0.15, 0.2) is 16.6 Å². The summed E-state index contributed by atoms with van der Waals surface area (Å²) in [4.78, 5) is 27.0. The van der Waals surface area contributed by atoms with Crippen LogP contribution in [-0.2, 0) is 16.0 Å². The molecule has 160 valence electrons. The fourth-order valence-corrected chi connectivity index (χ4v) is 3.60. The van der Waals surface area contributed by atoms with E-state index in [1.807, 2.05) is 19.1 Å². The molecule has 2 aromatic rings. The summed E-state index contributed by atoms with van der Waals surface area (Å²) in [5.74, 6) is -0.393. The predicted molar refractivity (Wildman–Crippen MR) is 126 cm³/mol. The van der Waals surface area contributed by atoms with Crippen LogP contribution in [0.2, 0.25) is 5.02 Å². The quantitative estimate of drug-likeness (QED) is 0.291. The second-order valence-electron chi connectivity index (χ2n) is 6.61. The summed E-state index contributed by atoms with van der Waals surface area (Å²) in [6, 6.07) is 10.6. The Balaban J connectivity index is 1.99. The number of aryl methyl sites for hydroxylation is 1. The van der Waals surface area contributed by atoms with Crippen molar-refractivity contribution in [3.05, 3.63) is 70.8 Å². The molecule has 3 rings (SSSR count). The summed E-state index contributed by atoms with van der Waals surface area (Å²) in [6.07, 6.45) is 3.90. The summed E-state index contributed by atoms with van der Waals surface area (Å²) in [7, 11) is 1.47. The average Bonchev–Trinajstić information content (AvgIpc) is 2.76. The lowest BCUT2D eigenvalue weighted by molar-refractivity contribution is -0.122. The Bertz CT molecular complexity index is 1080. The van der Waals surface area contributed by atoms with Crippen LogP contribution in [0, 0.1) is 0 Å². The van der Waals surface area contributed by atoms with E-state index in [1.54, 1.807) is 30.3 Å². The van der Waals surface area contributed by atoms with Gasteiger partial charge in [0.25, 0.3) is 11.8 Å². The summed E-state index contributed by atoms with van der Waals surface area (Å²) in [5, 5.41) is 2.87. The number of hydrogen-bond donors (Lipinski definition) is 1. The highest BCUT2D eigenvalue weighted by atomic mass is 35.5. The first-order chi connectivity index (χ1) is 14.9. The van der Waals surface area contributed by atoms with Crippen molar-refractivity contribution in [1.82, 2.24) is 5.32 Å². The van der Waals surface area contributed by atoms with E-state index in [0.717, 1.165) is 12.0 Å². The lowest BCUT2D eigenvalue weighted by Crippen LogP contribution is -2.54. The highest BCUT2D eigenvalue weighted by molar-refractivity contribution is 7.80. The molecular weight excluding hydrogens is 436 g/mol. The van der Waals surface area contributed by atoms with Crippen LogP contribution in [0.3, 0.4) is 0 Å². The van der Waals surface area contributed by atoms with Gasteiger partial charge in [0, 0.05) is 0 Å². The number of hydrogen-bond acceptors (Lipinski definition) is 5. The smallest absolute Gasteiger partial charge is 0.270 e. The van der Waals surface area contributed by atoms with Gasteiger partial charge in [-0.2, -0.15) is 0 Å². The Labute approximate surface area is 191 Å². The zero-order chi connectivity index (χ0) is 22.5. The number of thiocarbonyl (C=S) groups is 1. The molecule has 2 amide bonds. The number of halogens is 1. The van der Waals surface area contributed by atoms with Gasteiger partial charge in [-0.1, -0.05) is 43.3 Å². The molecule has 1 aliphatic rings. The van der Waals surface area contributed by atoms with Gasteiger partial charge in [0.2, 0.25) is 0 Å². The van der Waals surface area contributed by atoms with Crippen molar-refractivity contribution in [3.63, 3.8) is 0 Å². The van der Waals surface area contributed by atoms with Crippen LogP contribution in [0.25, 0.3) is 6.08 Å². The van der Waals surface area contributed by atoms with Crippen LogP contribution in [0.4, 0.5) is 5.69 Å². The monoisotopic (exact) mass is 456 g/mol. The van der Waals surface area contributed by atoms with Gasteiger partial charge in [-0.25, -0.2) is 0 Å². The minimum Gasteiger partial charge on any atom is -0.493 e. The molecule has 0 spiro atoms. The van der Waals surface area contributed by atoms with Crippen molar-refractivity contribution in [1.29, 1.82) is 0 Å². The van der Waals surface area contributed by atoms with Gasteiger partial charge in [0.05, 0.1) is 17.8 Å². The topological polar surface area (TPSA) is 67.9 Å². The molecule has 1 N–H and O–H groups in total. The van der Waals surface area contributed by atoms with E-state index in [1.165, 1.54) is 18.1 Å². The number of carbonyl (C=O) groups is 2. The van der Waals surface area contributed by atoms with Crippen LogP contribution >= 0.6 is 23.8 Å². The molecule has 0 atom stereocenters. The zero-order valence-electron chi connectivity index (χ0n) is 17.1. The van der Waals surface area contributed by atoms with E-state index in [2.05, 4.69) is 11.9 Å². The third-order valence-corrected chi connectivity index (χ3v) is 5.18. The van der Waals surface area contributed by atoms with E-state index in [9.17, 15) is 9.59 Å². The number of amides is 2. The molecule has 1 fully saturated rings. The highest BCUT2D eigenvalue weighted by Crippen LogP contribution is 2.37. The van der Waals surface area contributed by atoms with Gasteiger partial charge in [-0.15, -0.1) is 0 Å². The van der Waals surface area contributed by atoms with Crippen LogP contribution in [0.15, 0.2) is 54.6 Å². The van der Waals surface area contributed by atoms with E-state index in [0.29, 0.717) is 22.7 Å². The second-order valence-corrected chi connectivity index (χ2v) is 7.41. The molecule has 8 heteroatoms. The largest absolute Gasteiger partial charge is 0.493 e. The van der Waals surface area contributed by atoms with E-state index < -0.39 is 11.8 Å². The normalized spacial score (nSPS) is 15.1. The van der Waals surface area contributed by atoms with Crippen LogP contribution < -0.4 is 19.7 Å². The Morgan fingerprint density at radius 2 is 1.94 bits per heavy atom. The predicted octanol–water partition coefficient (Wildman–Crippen LogP) is 4.31. The maximum atomic E-state index is 13.2. The average molecular weight is 457 g/mol. The summed E-state index contributed by atoms with van der Waals surface area (Å²) < 4.78 is 10.9. The Hall–Kier alpha value is -3.16. The first kappa shape index (κ1) is 22.5. The number of benzene rings is 2. The van der Waals surface area contributed by atoms with Crippen molar-refractivity contribution in [2.45, 2.75) is 13.3 Å². The summed E-state index contributed by atoms with van der Waals surface area (Å²) >= 11 is 11.6. The molecule has 0 bridgehead atoms. The third kappa shape index (κ3) is 4.78. The number of nitrogens with zero attached hydrogens (tertiary/aromatic N) is 1. The Morgan fingerprint density at radius 1 is 1.23 bits per heavy atom. The summed E-state index contributed by atoms with van der Waals surface area (Å²) in [5.41, 5.74) is 2.12.